The number of aliphatic carboxylic acids is 1. The highest BCUT2D eigenvalue weighted by Gasteiger charge is 2.32. The average molecular weight is 548 g/mol. The van der Waals surface area contributed by atoms with Crippen molar-refractivity contribution in [3.63, 3.8) is 0 Å². The van der Waals surface area contributed by atoms with Crippen LogP contribution in [0.2, 0.25) is 0 Å². The lowest BCUT2D eigenvalue weighted by atomic mass is 10.0. The van der Waals surface area contributed by atoms with Crippen molar-refractivity contribution < 1.29 is 19.4 Å². The van der Waals surface area contributed by atoms with Gasteiger partial charge in [-0.3, -0.25) is 14.5 Å². The molecule has 1 saturated heterocycles. The van der Waals surface area contributed by atoms with E-state index in [0.717, 1.165) is 40.2 Å². The Balaban J connectivity index is 1.62. The summed E-state index contributed by atoms with van der Waals surface area (Å²) in [6.07, 6.45) is 7.61. The summed E-state index contributed by atoms with van der Waals surface area (Å²) in [6, 6.07) is 15.7. The molecule has 196 valence electrons. The summed E-state index contributed by atoms with van der Waals surface area (Å²) < 4.78 is 8.05. The molecule has 0 saturated carbocycles. The van der Waals surface area contributed by atoms with Gasteiger partial charge in [0.15, 0.2) is 0 Å². The molecule has 1 aliphatic rings. The molecule has 0 bridgehead atoms. The summed E-state index contributed by atoms with van der Waals surface area (Å²) in [5, 5.41) is 13.7. The Hall–Kier alpha value is -3.69. The fourth-order valence-corrected chi connectivity index (χ4v) is 5.39. The van der Waals surface area contributed by atoms with E-state index in [-0.39, 0.29) is 12.3 Å². The maximum absolute atomic E-state index is 13.2. The van der Waals surface area contributed by atoms with Crippen LogP contribution in [0.5, 0.6) is 5.75 Å². The Kier molecular flexibility index (Phi) is 9.15. The number of thioether (sulfide) groups is 1. The Morgan fingerprint density at radius 3 is 2.68 bits per heavy atom. The number of unbranched alkanes of at least 4 members (excludes halogenated alkanes) is 2. The number of carbonyl (C=O) groups is 2. The summed E-state index contributed by atoms with van der Waals surface area (Å²) in [7, 11) is 0. The molecule has 3 aromatic rings. The summed E-state index contributed by atoms with van der Waals surface area (Å²) >= 11 is 6.77. The second kappa shape index (κ2) is 12.7. The first kappa shape index (κ1) is 27.3. The number of aromatic nitrogens is 2. The zero-order chi connectivity index (χ0) is 27.1. The van der Waals surface area contributed by atoms with E-state index < -0.39 is 5.97 Å². The van der Waals surface area contributed by atoms with Crippen molar-refractivity contribution in [2.75, 3.05) is 13.2 Å². The molecule has 0 atom stereocenters. The summed E-state index contributed by atoms with van der Waals surface area (Å²) in [5.74, 6) is -0.164. The molecule has 1 N–H and O–H groups in total. The lowest BCUT2D eigenvalue weighted by Crippen LogP contribution is -2.29. The molecule has 0 unspecified atom stereocenters. The minimum Gasteiger partial charge on any atom is -0.489 e. The Labute approximate surface area is 231 Å². The standard InChI is InChI=1S/C29H29N3O4S2/c1-3-16-36-24-14-13-21(17-20(24)2)27-22(19-32(30-27)23-10-6-4-7-11-23)18-25-28(35)31(29(37)38-25)15-9-5-8-12-26(33)34/h3-4,6-7,10-11,13-14,17-19H,1,5,8-9,12,15-16H2,2H3,(H,33,34). The number of carboxylic acids is 1. The first-order valence-electron chi connectivity index (χ1n) is 12.3. The van der Waals surface area contributed by atoms with Gasteiger partial charge in [0.05, 0.1) is 10.6 Å². The minimum atomic E-state index is -0.806. The molecule has 9 heteroatoms. The van der Waals surface area contributed by atoms with E-state index in [0.29, 0.717) is 35.2 Å². The number of carbonyl (C=O) groups excluding carboxylic acids is 1. The highest BCUT2D eigenvalue weighted by molar-refractivity contribution is 8.26. The van der Waals surface area contributed by atoms with Gasteiger partial charge in [0.1, 0.15) is 22.4 Å². The minimum absolute atomic E-state index is 0.132. The lowest BCUT2D eigenvalue weighted by molar-refractivity contribution is -0.137. The number of ether oxygens (including phenoxy) is 1. The molecule has 1 amide bonds. The molecule has 38 heavy (non-hydrogen) atoms. The summed E-state index contributed by atoms with van der Waals surface area (Å²) in [4.78, 5) is 26.1. The number of hydrogen-bond acceptors (Lipinski definition) is 6. The molecular formula is C29H29N3O4S2. The Morgan fingerprint density at radius 2 is 1.97 bits per heavy atom. The van der Waals surface area contributed by atoms with Crippen LogP contribution in [0.3, 0.4) is 0 Å². The fourth-order valence-electron chi connectivity index (χ4n) is 4.09. The van der Waals surface area contributed by atoms with Gasteiger partial charge in [-0.15, -0.1) is 0 Å². The van der Waals surface area contributed by atoms with Crippen molar-refractivity contribution in [1.29, 1.82) is 0 Å². The van der Waals surface area contributed by atoms with Gasteiger partial charge in [0, 0.05) is 30.3 Å². The van der Waals surface area contributed by atoms with Crippen LogP contribution in [0.4, 0.5) is 0 Å². The number of amides is 1. The summed E-state index contributed by atoms with van der Waals surface area (Å²) in [5.41, 5.74) is 4.33. The van der Waals surface area contributed by atoms with Crippen molar-refractivity contribution >= 4 is 46.3 Å². The molecule has 7 nitrogen and oxygen atoms in total. The van der Waals surface area contributed by atoms with Crippen LogP contribution in [0.15, 0.2) is 72.3 Å². The molecule has 1 fully saturated rings. The van der Waals surface area contributed by atoms with Gasteiger partial charge in [-0.2, -0.15) is 5.10 Å². The third-order valence-electron chi connectivity index (χ3n) is 6.00. The van der Waals surface area contributed by atoms with Gasteiger partial charge in [0.2, 0.25) is 0 Å². The molecule has 0 radical (unpaired) electrons. The van der Waals surface area contributed by atoms with E-state index in [1.165, 1.54) is 11.8 Å². The number of carboxylic acid groups (broad SMARTS) is 1. The molecule has 2 aromatic carbocycles. The molecule has 4 rings (SSSR count). The van der Waals surface area contributed by atoms with Crippen LogP contribution in [-0.2, 0) is 9.59 Å². The topological polar surface area (TPSA) is 84.7 Å². The smallest absolute Gasteiger partial charge is 0.303 e. The fraction of sp³-hybridized carbons (Fsp3) is 0.241. The highest BCUT2D eigenvalue weighted by Crippen LogP contribution is 2.36. The van der Waals surface area contributed by atoms with Crippen molar-refractivity contribution in [2.24, 2.45) is 0 Å². The lowest BCUT2D eigenvalue weighted by Gasteiger charge is -2.13. The van der Waals surface area contributed by atoms with E-state index in [2.05, 4.69) is 6.58 Å². The second-order valence-electron chi connectivity index (χ2n) is 8.83. The third-order valence-corrected chi connectivity index (χ3v) is 7.38. The van der Waals surface area contributed by atoms with Crippen LogP contribution in [0.25, 0.3) is 23.0 Å². The average Bonchev–Trinajstić information content (AvgIpc) is 3.44. The van der Waals surface area contributed by atoms with Crippen LogP contribution >= 0.6 is 24.0 Å². The van der Waals surface area contributed by atoms with E-state index in [1.807, 2.05) is 72.4 Å². The maximum Gasteiger partial charge on any atom is 0.303 e. The van der Waals surface area contributed by atoms with Crippen molar-refractivity contribution in [3.05, 3.63) is 83.4 Å². The predicted octanol–water partition coefficient (Wildman–Crippen LogP) is 6.26. The van der Waals surface area contributed by atoms with Gasteiger partial charge in [0.25, 0.3) is 5.91 Å². The van der Waals surface area contributed by atoms with Gasteiger partial charge >= 0.3 is 5.97 Å². The first-order chi connectivity index (χ1) is 18.4. The SMILES string of the molecule is C=CCOc1ccc(-c2nn(-c3ccccc3)cc2C=C2SC(=S)N(CCCCCC(=O)O)C2=O)cc1C. The van der Waals surface area contributed by atoms with E-state index >= 15 is 0 Å². The molecule has 0 spiro atoms. The largest absolute Gasteiger partial charge is 0.489 e. The first-order valence-corrected chi connectivity index (χ1v) is 13.6. The molecule has 1 aromatic heterocycles. The van der Waals surface area contributed by atoms with Gasteiger partial charge in [-0.25, -0.2) is 4.68 Å². The van der Waals surface area contributed by atoms with E-state index in [9.17, 15) is 9.59 Å². The number of para-hydroxylation sites is 1. The van der Waals surface area contributed by atoms with Gasteiger partial charge in [-0.1, -0.05) is 61.3 Å². The molecule has 0 aliphatic carbocycles. The third kappa shape index (κ3) is 6.59. The van der Waals surface area contributed by atoms with Crippen molar-refractivity contribution in [1.82, 2.24) is 14.7 Å². The van der Waals surface area contributed by atoms with Crippen LogP contribution < -0.4 is 4.74 Å². The zero-order valence-corrected chi connectivity index (χ0v) is 22.8. The number of nitrogens with zero attached hydrogens (tertiary/aromatic N) is 3. The van der Waals surface area contributed by atoms with E-state index in [1.54, 1.807) is 11.0 Å². The monoisotopic (exact) mass is 547 g/mol. The second-order valence-corrected chi connectivity index (χ2v) is 10.5. The predicted molar refractivity (Wildman–Crippen MR) is 155 cm³/mol. The van der Waals surface area contributed by atoms with Crippen molar-refractivity contribution in [3.8, 4) is 22.7 Å². The van der Waals surface area contributed by atoms with Crippen LogP contribution in [0.1, 0.15) is 36.8 Å². The Morgan fingerprint density at radius 1 is 1.18 bits per heavy atom. The molecular weight excluding hydrogens is 518 g/mol. The van der Waals surface area contributed by atoms with Gasteiger partial charge in [-0.05, 0) is 61.7 Å². The zero-order valence-electron chi connectivity index (χ0n) is 21.1. The highest BCUT2D eigenvalue weighted by atomic mass is 32.2. The quantitative estimate of drug-likeness (QED) is 0.124. The number of rotatable bonds is 12. The number of benzene rings is 2. The molecule has 2 heterocycles. The number of thiocarbonyl (C=S) groups is 1. The number of aryl methyl sites for hydroxylation is 1. The normalized spacial score (nSPS) is 14.3. The Bertz CT molecular complexity index is 1380. The van der Waals surface area contributed by atoms with Crippen LogP contribution in [-0.4, -0.2) is 49.1 Å². The summed E-state index contributed by atoms with van der Waals surface area (Å²) in [6.45, 7) is 6.59. The van der Waals surface area contributed by atoms with E-state index in [4.69, 9.17) is 27.2 Å². The van der Waals surface area contributed by atoms with Crippen LogP contribution in [0, 0.1) is 6.92 Å². The van der Waals surface area contributed by atoms with Crippen molar-refractivity contribution in [2.45, 2.75) is 32.6 Å². The molecule has 1 aliphatic heterocycles. The number of hydrogen-bond donors (Lipinski definition) is 1. The van der Waals surface area contributed by atoms with Gasteiger partial charge < -0.3 is 9.84 Å². The maximum atomic E-state index is 13.2.